The molecule has 0 saturated carbocycles. The average Bonchev–Trinajstić information content (AvgIpc) is 3.02. The predicted molar refractivity (Wildman–Crippen MR) is 74.5 cm³/mol. The van der Waals surface area contributed by atoms with Crippen molar-refractivity contribution in [2.24, 2.45) is 7.05 Å². The van der Waals surface area contributed by atoms with Crippen molar-refractivity contribution in [1.82, 2.24) is 9.55 Å². The molecule has 3 aromatic rings. The zero-order chi connectivity index (χ0) is 13.2. The van der Waals surface area contributed by atoms with Crippen LogP contribution >= 0.6 is 11.8 Å². The third-order valence-corrected chi connectivity index (χ3v) is 3.95. The number of carbonyl (C=O) groups is 1. The van der Waals surface area contributed by atoms with Crippen LogP contribution in [0, 0.1) is 0 Å². The van der Waals surface area contributed by atoms with Crippen LogP contribution in [0.3, 0.4) is 0 Å². The highest BCUT2D eigenvalue weighted by atomic mass is 32.2. The molecule has 0 aliphatic rings. The molecule has 0 aliphatic carbocycles. The third-order valence-electron chi connectivity index (χ3n) is 2.89. The highest BCUT2D eigenvalue weighted by Gasteiger charge is 2.14. The van der Waals surface area contributed by atoms with E-state index >= 15 is 0 Å². The molecule has 0 aliphatic heterocycles. The van der Waals surface area contributed by atoms with Gasteiger partial charge in [0.05, 0.1) is 11.3 Å². The molecule has 0 fully saturated rings. The van der Waals surface area contributed by atoms with E-state index < -0.39 is 0 Å². The van der Waals surface area contributed by atoms with Crippen LogP contribution in [-0.4, -0.2) is 21.1 Å². The molecule has 0 amide bonds. The fourth-order valence-electron chi connectivity index (χ4n) is 1.89. The lowest BCUT2D eigenvalue weighted by Crippen LogP contribution is -2.02. The van der Waals surface area contributed by atoms with Gasteiger partial charge in [-0.05, 0) is 6.07 Å². The maximum Gasteiger partial charge on any atom is 0.177 e. The van der Waals surface area contributed by atoms with E-state index in [9.17, 15) is 4.79 Å². The average molecular weight is 272 g/mol. The SMILES string of the molecule is Cn1ccnc1SCC(=O)c1coc2ccccc12. The van der Waals surface area contributed by atoms with Crippen LogP contribution in [0.4, 0.5) is 0 Å². The number of fused-ring (bicyclic) bond motifs is 1. The number of hydrogen-bond donors (Lipinski definition) is 0. The van der Waals surface area contributed by atoms with Gasteiger partial charge in [-0.25, -0.2) is 4.98 Å². The Morgan fingerprint density at radius 3 is 3.05 bits per heavy atom. The predicted octanol–water partition coefficient (Wildman–Crippen LogP) is 3.14. The quantitative estimate of drug-likeness (QED) is 0.541. The lowest BCUT2D eigenvalue weighted by molar-refractivity contribution is 0.102. The van der Waals surface area contributed by atoms with Crippen LogP contribution in [-0.2, 0) is 7.05 Å². The summed E-state index contributed by atoms with van der Waals surface area (Å²) in [5.74, 6) is 0.409. The van der Waals surface area contributed by atoms with Crippen molar-refractivity contribution in [2.75, 3.05) is 5.75 Å². The highest BCUT2D eigenvalue weighted by Crippen LogP contribution is 2.23. The fraction of sp³-hybridized carbons (Fsp3) is 0.143. The minimum absolute atomic E-state index is 0.0537. The lowest BCUT2D eigenvalue weighted by atomic mass is 10.1. The molecular weight excluding hydrogens is 260 g/mol. The lowest BCUT2D eigenvalue weighted by Gasteiger charge is -2.00. The van der Waals surface area contributed by atoms with Crippen LogP contribution in [0.1, 0.15) is 10.4 Å². The number of aryl methyl sites for hydroxylation is 1. The van der Waals surface area contributed by atoms with Crippen molar-refractivity contribution >= 4 is 28.5 Å². The number of ketones is 1. The summed E-state index contributed by atoms with van der Waals surface area (Å²) < 4.78 is 7.27. The summed E-state index contributed by atoms with van der Waals surface area (Å²) in [5.41, 5.74) is 1.38. The topological polar surface area (TPSA) is 48.0 Å². The number of benzene rings is 1. The number of para-hydroxylation sites is 1. The van der Waals surface area contributed by atoms with Crippen LogP contribution in [0.5, 0.6) is 0 Å². The molecule has 5 heteroatoms. The zero-order valence-corrected chi connectivity index (χ0v) is 11.2. The Hall–Kier alpha value is -2.01. The van der Waals surface area contributed by atoms with E-state index in [0.29, 0.717) is 11.3 Å². The number of carbonyl (C=O) groups excluding carboxylic acids is 1. The molecule has 0 unspecified atom stereocenters. The fourth-order valence-corrected chi connectivity index (χ4v) is 2.71. The summed E-state index contributed by atoms with van der Waals surface area (Å²) in [6.45, 7) is 0. The van der Waals surface area contributed by atoms with Gasteiger partial charge in [0.2, 0.25) is 0 Å². The first-order valence-electron chi connectivity index (χ1n) is 5.85. The number of nitrogens with zero attached hydrogens (tertiary/aromatic N) is 2. The number of rotatable bonds is 4. The van der Waals surface area contributed by atoms with Gasteiger partial charge in [-0.3, -0.25) is 4.79 Å². The Balaban J connectivity index is 1.79. The van der Waals surface area contributed by atoms with Gasteiger partial charge in [-0.1, -0.05) is 30.0 Å². The van der Waals surface area contributed by atoms with Crippen LogP contribution in [0.2, 0.25) is 0 Å². The van der Waals surface area contributed by atoms with Crippen LogP contribution < -0.4 is 0 Å². The van der Waals surface area contributed by atoms with Gasteiger partial charge in [-0.15, -0.1) is 0 Å². The molecule has 2 aromatic heterocycles. The van der Waals surface area contributed by atoms with Gasteiger partial charge in [-0.2, -0.15) is 0 Å². The van der Waals surface area contributed by atoms with Crippen molar-refractivity contribution in [2.45, 2.75) is 5.16 Å². The normalized spacial score (nSPS) is 11.0. The molecule has 0 bridgehead atoms. The van der Waals surface area contributed by atoms with Gasteiger partial charge in [0.1, 0.15) is 11.8 Å². The largest absolute Gasteiger partial charge is 0.464 e. The van der Waals surface area contributed by atoms with Crippen molar-refractivity contribution in [3.05, 3.63) is 48.5 Å². The zero-order valence-electron chi connectivity index (χ0n) is 10.4. The maximum atomic E-state index is 12.2. The van der Waals surface area contributed by atoms with E-state index in [-0.39, 0.29) is 5.78 Å². The summed E-state index contributed by atoms with van der Waals surface area (Å²) in [5, 5.41) is 1.70. The Morgan fingerprint density at radius 1 is 1.42 bits per heavy atom. The standard InChI is InChI=1S/C14H12N2O2S/c1-16-7-6-15-14(16)19-9-12(17)11-8-18-13-5-3-2-4-10(11)13/h2-8H,9H2,1H3. The van der Waals surface area contributed by atoms with Crippen molar-refractivity contribution < 1.29 is 9.21 Å². The Morgan fingerprint density at radius 2 is 2.26 bits per heavy atom. The summed E-state index contributed by atoms with van der Waals surface area (Å²) >= 11 is 1.43. The first-order valence-corrected chi connectivity index (χ1v) is 6.84. The molecule has 1 aromatic carbocycles. The molecule has 0 radical (unpaired) electrons. The molecule has 0 spiro atoms. The molecule has 0 atom stereocenters. The van der Waals surface area contributed by atoms with Crippen molar-refractivity contribution in [3.8, 4) is 0 Å². The molecular formula is C14H12N2O2S. The minimum atomic E-state index is 0.0537. The van der Waals surface area contributed by atoms with Gasteiger partial charge >= 0.3 is 0 Å². The Labute approximate surface area is 114 Å². The van der Waals surface area contributed by atoms with Crippen LogP contribution in [0.25, 0.3) is 11.0 Å². The molecule has 0 saturated heterocycles. The first kappa shape index (κ1) is 12.0. The number of imidazole rings is 1. The monoisotopic (exact) mass is 272 g/mol. The van der Waals surface area contributed by atoms with Gasteiger partial charge in [0, 0.05) is 24.8 Å². The number of furan rings is 1. The van der Waals surface area contributed by atoms with Gasteiger partial charge in [0.15, 0.2) is 10.9 Å². The third kappa shape index (κ3) is 2.29. The highest BCUT2D eigenvalue weighted by molar-refractivity contribution is 7.99. The van der Waals surface area contributed by atoms with Gasteiger partial charge in [0.25, 0.3) is 0 Å². The van der Waals surface area contributed by atoms with E-state index in [4.69, 9.17) is 4.42 Å². The molecule has 3 rings (SSSR count). The first-order chi connectivity index (χ1) is 9.25. The molecule has 96 valence electrons. The number of aromatic nitrogens is 2. The van der Waals surface area contributed by atoms with E-state index in [0.717, 1.165) is 16.1 Å². The summed E-state index contributed by atoms with van der Waals surface area (Å²) in [6.07, 6.45) is 5.12. The van der Waals surface area contributed by atoms with E-state index in [1.165, 1.54) is 18.0 Å². The molecule has 19 heavy (non-hydrogen) atoms. The smallest absolute Gasteiger partial charge is 0.177 e. The minimum Gasteiger partial charge on any atom is -0.464 e. The second-order valence-corrected chi connectivity index (χ2v) is 5.12. The molecule has 0 N–H and O–H groups in total. The van der Waals surface area contributed by atoms with Gasteiger partial charge < -0.3 is 8.98 Å². The molecule has 2 heterocycles. The second-order valence-electron chi connectivity index (χ2n) is 4.18. The Bertz CT molecular complexity index is 730. The number of thioether (sulfide) groups is 1. The second kappa shape index (κ2) is 4.93. The van der Waals surface area contributed by atoms with E-state index in [1.807, 2.05) is 42.1 Å². The van der Waals surface area contributed by atoms with Crippen LogP contribution in [0.15, 0.2) is 52.5 Å². The number of Topliss-reactive ketones (excluding diaryl/α,β-unsaturated/α-hetero) is 1. The maximum absolute atomic E-state index is 12.2. The summed E-state index contributed by atoms with van der Waals surface area (Å²) in [6, 6.07) is 7.55. The Kier molecular flexibility index (Phi) is 3.13. The summed E-state index contributed by atoms with van der Waals surface area (Å²) in [7, 11) is 1.91. The van der Waals surface area contributed by atoms with E-state index in [1.54, 1.807) is 6.20 Å². The molecule has 4 nitrogen and oxygen atoms in total. The van der Waals surface area contributed by atoms with Crippen molar-refractivity contribution in [3.63, 3.8) is 0 Å². The van der Waals surface area contributed by atoms with Crippen molar-refractivity contribution in [1.29, 1.82) is 0 Å². The number of hydrogen-bond acceptors (Lipinski definition) is 4. The van der Waals surface area contributed by atoms with E-state index in [2.05, 4.69) is 4.98 Å². The summed E-state index contributed by atoms with van der Waals surface area (Å²) in [4.78, 5) is 16.4.